The number of aliphatic hydroxyl groups excluding tert-OH is 1. The predicted octanol–water partition coefficient (Wildman–Crippen LogP) is 2.96. The molecule has 8 nitrogen and oxygen atoms in total. The molecule has 0 aliphatic carbocycles. The van der Waals surface area contributed by atoms with Crippen LogP contribution in [-0.2, 0) is 13.1 Å². The molecule has 1 aliphatic rings. The van der Waals surface area contributed by atoms with Gasteiger partial charge in [-0.15, -0.1) is 0 Å². The van der Waals surface area contributed by atoms with Crippen LogP contribution in [0.4, 0.5) is 14.6 Å². The van der Waals surface area contributed by atoms with Crippen LogP contribution in [0.2, 0.25) is 0 Å². The Morgan fingerprint density at radius 1 is 1.09 bits per heavy atom. The number of amides is 1. The van der Waals surface area contributed by atoms with E-state index < -0.39 is 23.9 Å². The molecule has 2 N–H and O–H groups in total. The van der Waals surface area contributed by atoms with Gasteiger partial charge < -0.3 is 24.8 Å². The summed E-state index contributed by atoms with van der Waals surface area (Å²) in [4.78, 5) is 23.0. The molecule has 0 saturated heterocycles. The molecule has 0 bridgehead atoms. The number of hydrogen-bond donors (Lipinski definition) is 2. The molecule has 0 saturated carbocycles. The van der Waals surface area contributed by atoms with E-state index in [0.29, 0.717) is 17.2 Å². The second kappa shape index (κ2) is 8.75. The molecule has 0 spiro atoms. The Balaban J connectivity index is 1.72. The molecule has 0 unspecified atom stereocenters. The Kier molecular flexibility index (Phi) is 5.87. The van der Waals surface area contributed by atoms with Crippen molar-refractivity contribution in [2.24, 2.45) is 0 Å². The number of nitrogens with zero attached hydrogens (tertiary/aromatic N) is 3. The van der Waals surface area contributed by atoms with Crippen molar-refractivity contribution in [3.8, 4) is 22.9 Å². The normalized spacial score (nSPS) is 12.7. The number of carbonyl (C=O) groups is 1. The number of hydrogen-bond acceptors (Lipinski definition) is 7. The summed E-state index contributed by atoms with van der Waals surface area (Å²) in [6.07, 6.45) is 0. The van der Waals surface area contributed by atoms with Gasteiger partial charge in [0, 0.05) is 11.6 Å². The largest absolute Gasteiger partial charge is 0.497 e. The number of aromatic nitrogens is 2. The van der Waals surface area contributed by atoms with Crippen molar-refractivity contribution in [1.82, 2.24) is 14.9 Å². The maximum atomic E-state index is 14.3. The minimum Gasteiger partial charge on any atom is -0.497 e. The van der Waals surface area contributed by atoms with Crippen LogP contribution < -0.4 is 14.8 Å². The highest BCUT2D eigenvalue weighted by atomic mass is 19.1. The molecule has 2 heterocycles. The van der Waals surface area contributed by atoms with E-state index in [2.05, 4.69) is 15.3 Å². The summed E-state index contributed by atoms with van der Waals surface area (Å²) < 4.78 is 39.2. The third-order valence-corrected chi connectivity index (χ3v) is 5.11. The van der Waals surface area contributed by atoms with Crippen molar-refractivity contribution in [3.63, 3.8) is 0 Å². The fourth-order valence-corrected chi connectivity index (χ4v) is 3.60. The van der Waals surface area contributed by atoms with Crippen molar-refractivity contribution in [1.29, 1.82) is 0 Å². The summed E-state index contributed by atoms with van der Waals surface area (Å²) in [5, 5.41) is 11.9. The summed E-state index contributed by atoms with van der Waals surface area (Å²) >= 11 is 0. The SMILES string of the molecule is COc1ccc(CN2Cc3nc(-c4c(F)cccc4F)nc(NCO)c3C2=O)c(OC)c1. The van der Waals surface area contributed by atoms with Gasteiger partial charge in [-0.05, 0) is 24.3 Å². The van der Waals surface area contributed by atoms with Gasteiger partial charge in [-0.2, -0.15) is 0 Å². The number of ether oxygens (including phenoxy) is 2. The highest BCUT2D eigenvalue weighted by molar-refractivity contribution is 6.02. The minimum absolute atomic E-state index is 0.00403. The molecule has 1 amide bonds. The molecule has 3 aromatic rings. The van der Waals surface area contributed by atoms with Gasteiger partial charge in [-0.3, -0.25) is 4.79 Å². The lowest BCUT2D eigenvalue weighted by Gasteiger charge is -2.18. The van der Waals surface area contributed by atoms with Gasteiger partial charge in [0.1, 0.15) is 41.2 Å². The third-order valence-electron chi connectivity index (χ3n) is 5.11. The number of aliphatic hydroxyl groups is 1. The number of nitrogens with one attached hydrogen (secondary N) is 1. The van der Waals surface area contributed by atoms with Crippen LogP contribution in [0.5, 0.6) is 11.5 Å². The van der Waals surface area contributed by atoms with E-state index in [4.69, 9.17) is 9.47 Å². The fourth-order valence-electron chi connectivity index (χ4n) is 3.60. The summed E-state index contributed by atoms with van der Waals surface area (Å²) in [7, 11) is 3.06. The van der Waals surface area contributed by atoms with E-state index in [0.717, 1.165) is 17.7 Å². The summed E-state index contributed by atoms with van der Waals surface area (Å²) in [5.41, 5.74) is 0.775. The molecule has 2 aromatic carbocycles. The maximum absolute atomic E-state index is 14.3. The standard InChI is InChI=1S/C22H20F2N4O4/c1-31-13-7-6-12(17(8-13)32-2)9-28-10-16-19(22(28)30)20(25-11-29)27-21(26-16)18-14(23)4-3-5-15(18)24/h3-8,29H,9-11H2,1-2H3,(H,25,26,27). The first-order valence-corrected chi connectivity index (χ1v) is 9.67. The fraction of sp³-hybridized carbons (Fsp3) is 0.227. The first kappa shape index (κ1) is 21.4. The number of fused-ring (bicyclic) bond motifs is 1. The second-order valence-electron chi connectivity index (χ2n) is 6.99. The molecule has 0 fully saturated rings. The molecule has 10 heteroatoms. The van der Waals surface area contributed by atoms with Gasteiger partial charge in [0.2, 0.25) is 0 Å². The van der Waals surface area contributed by atoms with Crippen LogP contribution in [0.25, 0.3) is 11.4 Å². The average molecular weight is 442 g/mol. The van der Waals surface area contributed by atoms with E-state index in [1.165, 1.54) is 18.1 Å². The quantitative estimate of drug-likeness (QED) is 0.543. The van der Waals surface area contributed by atoms with Crippen LogP contribution in [-0.4, -0.2) is 46.8 Å². The van der Waals surface area contributed by atoms with Gasteiger partial charge in [-0.1, -0.05) is 6.07 Å². The van der Waals surface area contributed by atoms with Crippen molar-refractivity contribution in [2.75, 3.05) is 26.3 Å². The molecular weight excluding hydrogens is 422 g/mol. The summed E-state index contributed by atoms with van der Waals surface area (Å²) in [5.74, 6) is -1.10. The third kappa shape index (κ3) is 3.80. The molecular formula is C22H20F2N4O4. The Bertz CT molecular complexity index is 1170. The zero-order valence-corrected chi connectivity index (χ0v) is 17.4. The number of benzene rings is 2. The first-order chi connectivity index (χ1) is 15.5. The van der Waals surface area contributed by atoms with Crippen LogP contribution in [0.3, 0.4) is 0 Å². The number of carbonyl (C=O) groups excluding carboxylic acids is 1. The van der Waals surface area contributed by atoms with Crippen molar-refractivity contribution in [2.45, 2.75) is 13.1 Å². The maximum Gasteiger partial charge on any atom is 0.260 e. The van der Waals surface area contributed by atoms with E-state index in [1.807, 2.05) is 0 Å². The molecule has 0 radical (unpaired) electrons. The summed E-state index contributed by atoms with van der Waals surface area (Å²) in [6, 6.07) is 8.68. The van der Waals surface area contributed by atoms with Crippen molar-refractivity contribution >= 4 is 11.7 Å². The van der Waals surface area contributed by atoms with E-state index in [-0.39, 0.29) is 36.2 Å². The molecule has 1 aromatic heterocycles. The number of halogens is 2. The van der Waals surface area contributed by atoms with E-state index in [1.54, 1.807) is 25.3 Å². The van der Waals surface area contributed by atoms with E-state index in [9.17, 15) is 18.7 Å². The molecule has 166 valence electrons. The lowest BCUT2D eigenvalue weighted by molar-refractivity contribution is 0.0765. The van der Waals surface area contributed by atoms with Crippen LogP contribution in [0.1, 0.15) is 21.6 Å². The summed E-state index contributed by atoms with van der Waals surface area (Å²) in [6.45, 7) is -0.235. The highest BCUT2D eigenvalue weighted by Crippen LogP contribution is 2.34. The topological polar surface area (TPSA) is 96.8 Å². The second-order valence-corrected chi connectivity index (χ2v) is 6.99. The number of methoxy groups -OCH3 is 2. The van der Waals surface area contributed by atoms with Gasteiger partial charge in [-0.25, -0.2) is 18.7 Å². The Morgan fingerprint density at radius 3 is 2.50 bits per heavy atom. The predicted molar refractivity (Wildman–Crippen MR) is 111 cm³/mol. The van der Waals surface area contributed by atoms with Gasteiger partial charge in [0.25, 0.3) is 5.91 Å². The Labute approximate surface area is 182 Å². The van der Waals surface area contributed by atoms with Gasteiger partial charge in [0.05, 0.1) is 38.6 Å². The van der Waals surface area contributed by atoms with Crippen molar-refractivity contribution in [3.05, 3.63) is 64.9 Å². The van der Waals surface area contributed by atoms with E-state index >= 15 is 0 Å². The average Bonchev–Trinajstić information content (AvgIpc) is 3.09. The number of anilines is 1. The zero-order chi connectivity index (χ0) is 22.8. The molecule has 1 aliphatic heterocycles. The first-order valence-electron chi connectivity index (χ1n) is 9.67. The highest BCUT2D eigenvalue weighted by Gasteiger charge is 2.34. The Morgan fingerprint density at radius 2 is 1.84 bits per heavy atom. The molecule has 32 heavy (non-hydrogen) atoms. The zero-order valence-electron chi connectivity index (χ0n) is 17.4. The Hall–Kier alpha value is -3.79. The van der Waals surface area contributed by atoms with Crippen LogP contribution >= 0.6 is 0 Å². The monoisotopic (exact) mass is 442 g/mol. The smallest absolute Gasteiger partial charge is 0.260 e. The minimum atomic E-state index is -0.830. The molecule has 4 rings (SSSR count). The van der Waals surface area contributed by atoms with Crippen LogP contribution in [0, 0.1) is 11.6 Å². The lowest BCUT2D eigenvalue weighted by atomic mass is 10.1. The van der Waals surface area contributed by atoms with Gasteiger partial charge in [0.15, 0.2) is 5.82 Å². The lowest BCUT2D eigenvalue weighted by Crippen LogP contribution is -2.24. The van der Waals surface area contributed by atoms with Crippen LogP contribution in [0.15, 0.2) is 36.4 Å². The molecule has 0 atom stereocenters. The number of rotatable bonds is 7. The van der Waals surface area contributed by atoms with Crippen molar-refractivity contribution < 1.29 is 28.2 Å². The van der Waals surface area contributed by atoms with Gasteiger partial charge >= 0.3 is 0 Å².